The van der Waals surface area contributed by atoms with Crippen LogP contribution < -0.4 is 0 Å². The third-order valence-electron chi connectivity index (χ3n) is 2.41. The van der Waals surface area contributed by atoms with Crippen LogP contribution in [-0.4, -0.2) is 23.3 Å². The van der Waals surface area contributed by atoms with E-state index in [1.165, 1.54) is 11.8 Å². The van der Waals surface area contributed by atoms with E-state index in [0.29, 0.717) is 17.9 Å². The highest BCUT2D eigenvalue weighted by Crippen LogP contribution is 2.29. The van der Waals surface area contributed by atoms with Gasteiger partial charge in [-0.25, -0.2) is 0 Å². The van der Waals surface area contributed by atoms with Crippen LogP contribution in [0.25, 0.3) is 0 Å². The molecule has 104 valence electrons. The van der Waals surface area contributed by atoms with Crippen molar-refractivity contribution < 1.29 is 14.5 Å². The van der Waals surface area contributed by atoms with E-state index < -0.39 is 0 Å². The monoisotopic (exact) mass is 283 g/mol. The zero-order valence-electron chi connectivity index (χ0n) is 11.0. The fourth-order valence-electron chi connectivity index (χ4n) is 1.66. The summed E-state index contributed by atoms with van der Waals surface area (Å²) in [6.45, 7) is 4.02. The van der Waals surface area contributed by atoms with E-state index >= 15 is 0 Å². The minimum atomic E-state index is -0.379. The van der Waals surface area contributed by atoms with Gasteiger partial charge < -0.3 is 4.74 Å². The lowest BCUT2D eigenvalue weighted by atomic mass is 10.1. The van der Waals surface area contributed by atoms with Crippen LogP contribution in [0.15, 0.2) is 34.4 Å². The maximum Gasteiger partial charge on any atom is 0.310 e. The van der Waals surface area contributed by atoms with Gasteiger partial charge in [0.25, 0.3) is 5.70 Å². The number of nitro groups is 1. The number of hydrogen-bond acceptors (Lipinski definition) is 5. The highest BCUT2D eigenvalue weighted by atomic mass is 32.2. The maximum atomic E-state index is 11.5. The quantitative estimate of drug-likeness (QED) is 0.425. The van der Waals surface area contributed by atoms with Gasteiger partial charge in [0.2, 0.25) is 0 Å². The van der Waals surface area contributed by atoms with Crippen molar-refractivity contribution in [2.24, 2.45) is 0 Å². The molecule has 0 atom stereocenters. The van der Waals surface area contributed by atoms with E-state index in [4.69, 9.17) is 4.74 Å². The number of hydrogen-bond donors (Lipinski definition) is 0. The average molecular weight is 283 g/mol. The molecule has 5 nitrogen and oxygen atoms in total. The number of esters is 1. The summed E-state index contributed by atoms with van der Waals surface area (Å²) < 4.78 is 4.89. The molecule has 0 aromatic carbocycles. The van der Waals surface area contributed by atoms with E-state index in [2.05, 4.69) is 0 Å². The predicted molar refractivity (Wildman–Crippen MR) is 75.2 cm³/mol. The number of rotatable bonds is 6. The standard InChI is InChI=1S/C13H17NO4S/c1-3-18-13(15)9-10-6-5-7-11(14(16)17)12(8-10)19-4-2/h6-8H,3-5,9H2,1-2H3. The lowest BCUT2D eigenvalue weighted by Gasteiger charge is -2.04. The Kier molecular flexibility index (Phi) is 6.35. The lowest BCUT2D eigenvalue weighted by Crippen LogP contribution is -2.05. The van der Waals surface area contributed by atoms with Gasteiger partial charge in [-0.3, -0.25) is 14.9 Å². The largest absolute Gasteiger partial charge is 0.466 e. The molecule has 0 amide bonds. The summed E-state index contributed by atoms with van der Waals surface area (Å²) in [4.78, 5) is 22.7. The molecule has 0 bridgehead atoms. The first-order valence-electron chi connectivity index (χ1n) is 6.12. The molecule has 0 unspecified atom stereocenters. The van der Waals surface area contributed by atoms with Crippen LogP contribution in [0.5, 0.6) is 0 Å². The molecule has 0 aromatic rings. The minimum absolute atomic E-state index is 0.113. The van der Waals surface area contributed by atoms with E-state index in [1.807, 2.05) is 13.0 Å². The van der Waals surface area contributed by atoms with Crippen molar-refractivity contribution in [1.29, 1.82) is 0 Å². The van der Waals surface area contributed by atoms with Gasteiger partial charge in [-0.15, -0.1) is 11.8 Å². The number of ether oxygens (including phenoxy) is 1. The van der Waals surface area contributed by atoms with E-state index in [1.54, 1.807) is 19.1 Å². The van der Waals surface area contributed by atoms with Gasteiger partial charge in [0, 0.05) is 0 Å². The first-order chi connectivity index (χ1) is 9.08. The van der Waals surface area contributed by atoms with Crippen molar-refractivity contribution >= 4 is 17.7 Å². The molecule has 0 saturated carbocycles. The summed E-state index contributed by atoms with van der Waals surface area (Å²) in [7, 11) is 0. The van der Waals surface area contributed by atoms with Crippen molar-refractivity contribution in [1.82, 2.24) is 0 Å². The third kappa shape index (κ3) is 4.90. The summed E-state index contributed by atoms with van der Waals surface area (Å²) in [6.07, 6.45) is 5.72. The molecule has 0 aliphatic heterocycles. The molecule has 0 aromatic heterocycles. The van der Waals surface area contributed by atoms with E-state index in [0.717, 1.165) is 11.3 Å². The second-order valence-electron chi connectivity index (χ2n) is 3.78. The number of thioether (sulfide) groups is 1. The second-order valence-corrected chi connectivity index (χ2v) is 5.09. The third-order valence-corrected chi connectivity index (χ3v) is 3.34. The van der Waals surface area contributed by atoms with Crippen LogP contribution in [0.2, 0.25) is 0 Å². The highest BCUT2D eigenvalue weighted by molar-refractivity contribution is 8.03. The molecule has 0 fully saturated rings. The maximum absolute atomic E-state index is 11.5. The zero-order valence-corrected chi connectivity index (χ0v) is 11.9. The summed E-state index contributed by atoms with van der Waals surface area (Å²) >= 11 is 1.40. The predicted octanol–water partition coefficient (Wildman–Crippen LogP) is 3.07. The first kappa shape index (κ1) is 15.5. The number of allylic oxidation sites excluding steroid dienone is 3. The molecule has 1 aliphatic rings. The van der Waals surface area contributed by atoms with Gasteiger partial charge >= 0.3 is 5.97 Å². The molecule has 1 aliphatic carbocycles. The summed E-state index contributed by atoms with van der Waals surface area (Å²) in [5.74, 6) is 0.430. The number of carbonyl (C=O) groups is 1. The average Bonchev–Trinajstić information content (AvgIpc) is 2.52. The SMILES string of the molecule is CCOC(=O)CC1=CCC=C([N+](=O)[O-])C(SCC)=C1. The van der Waals surface area contributed by atoms with Crippen LogP contribution in [0.4, 0.5) is 0 Å². The van der Waals surface area contributed by atoms with Gasteiger partial charge in [0.15, 0.2) is 0 Å². The molecule has 6 heteroatoms. The first-order valence-corrected chi connectivity index (χ1v) is 7.11. The zero-order chi connectivity index (χ0) is 14.3. The Balaban J connectivity index is 2.89. The normalized spacial score (nSPS) is 14.9. The topological polar surface area (TPSA) is 69.4 Å². The van der Waals surface area contributed by atoms with Gasteiger partial charge in [-0.05, 0) is 36.8 Å². The molecule has 0 saturated heterocycles. The fraction of sp³-hybridized carbons (Fsp3) is 0.462. The molecular weight excluding hydrogens is 266 g/mol. The van der Waals surface area contributed by atoms with Crippen molar-refractivity contribution in [2.75, 3.05) is 12.4 Å². The Morgan fingerprint density at radius 2 is 2.21 bits per heavy atom. The fourth-order valence-corrected chi connectivity index (χ4v) is 2.51. The van der Waals surface area contributed by atoms with Crippen molar-refractivity contribution in [2.45, 2.75) is 26.7 Å². The van der Waals surface area contributed by atoms with Gasteiger partial charge in [0.1, 0.15) is 0 Å². The smallest absolute Gasteiger partial charge is 0.310 e. The molecule has 19 heavy (non-hydrogen) atoms. The van der Waals surface area contributed by atoms with Crippen LogP contribution in [0.3, 0.4) is 0 Å². The van der Waals surface area contributed by atoms with Crippen LogP contribution in [0.1, 0.15) is 26.7 Å². The molecule has 0 spiro atoms. The summed E-state index contributed by atoms with van der Waals surface area (Å²) in [5.41, 5.74) is 0.879. The molecular formula is C13H17NO4S. The Morgan fingerprint density at radius 3 is 2.79 bits per heavy atom. The number of nitrogens with zero attached hydrogens (tertiary/aromatic N) is 1. The number of carbonyl (C=O) groups excluding carboxylic acids is 1. The van der Waals surface area contributed by atoms with Crippen LogP contribution in [0, 0.1) is 10.1 Å². The molecule has 0 heterocycles. The minimum Gasteiger partial charge on any atom is -0.466 e. The van der Waals surface area contributed by atoms with Crippen LogP contribution in [-0.2, 0) is 9.53 Å². The Hall–Kier alpha value is -1.56. The Labute approximate surface area is 116 Å². The lowest BCUT2D eigenvalue weighted by molar-refractivity contribution is -0.419. The summed E-state index contributed by atoms with van der Waals surface area (Å²) in [5, 5.41) is 11.0. The molecule has 1 rings (SSSR count). The van der Waals surface area contributed by atoms with Gasteiger partial charge in [-0.2, -0.15) is 0 Å². The van der Waals surface area contributed by atoms with E-state index in [-0.39, 0.29) is 23.0 Å². The summed E-state index contributed by atoms with van der Waals surface area (Å²) in [6, 6.07) is 0. The van der Waals surface area contributed by atoms with Gasteiger partial charge in [-0.1, -0.05) is 13.0 Å². The van der Waals surface area contributed by atoms with Crippen molar-refractivity contribution in [3.05, 3.63) is 44.5 Å². The second kappa shape index (κ2) is 7.78. The van der Waals surface area contributed by atoms with Crippen molar-refractivity contribution in [3.8, 4) is 0 Å². The van der Waals surface area contributed by atoms with E-state index in [9.17, 15) is 14.9 Å². The van der Waals surface area contributed by atoms with Crippen molar-refractivity contribution in [3.63, 3.8) is 0 Å². The molecule has 0 radical (unpaired) electrons. The van der Waals surface area contributed by atoms with Crippen LogP contribution >= 0.6 is 11.8 Å². The Bertz CT molecular complexity index is 452. The van der Waals surface area contributed by atoms with Gasteiger partial charge in [0.05, 0.1) is 22.9 Å². The highest BCUT2D eigenvalue weighted by Gasteiger charge is 2.20. The Morgan fingerprint density at radius 1 is 1.47 bits per heavy atom. The molecule has 0 N–H and O–H groups in total.